The molecule has 0 fully saturated rings. The minimum Gasteiger partial charge on any atom is -0.347 e. The van der Waals surface area contributed by atoms with Crippen LogP contribution in [0.3, 0.4) is 0 Å². The molecule has 74 valence electrons. The van der Waals surface area contributed by atoms with Crippen LogP contribution >= 0.6 is 11.6 Å². The summed E-state index contributed by atoms with van der Waals surface area (Å²) in [5, 5.41) is 3.07. The van der Waals surface area contributed by atoms with Crippen molar-refractivity contribution in [1.82, 2.24) is 5.32 Å². The van der Waals surface area contributed by atoms with Crippen molar-refractivity contribution in [2.45, 2.75) is 6.92 Å². The molecule has 0 unspecified atom stereocenters. The number of nitrogens with one attached hydrogen (secondary N) is 1. The zero-order valence-corrected chi connectivity index (χ0v) is 8.77. The van der Waals surface area contributed by atoms with Crippen LogP contribution < -0.4 is 5.32 Å². The first-order valence-corrected chi connectivity index (χ1v) is 4.65. The highest BCUT2D eigenvalue weighted by molar-refractivity contribution is 6.29. The molecule has 0 saturated heterocycles. The molecule has 0 radical (unpaired) electrons. The van der Waals surface area contributed by atoms with Crippen LogP contribution in [0, 0.1) is 6.92 Å². The van der Waals surface area contributed by atoms with Crippen molar-refractivity contribution in [2.24, 2.45) is 0 Å². The van der Waals surface area contributed by atoms with Crippen molar-refractivity contribution in [3.05, 3.63) is 47.0 Å². The van der Waals surface area contributed by atoms with E-state index in [0.29, 0.717) is 17.1 Å². The van der Waals surface area contributed by atoms with Crippen LogP contribution in [0.2, 0.25) is 0 Å². The maximum absolute atomic E-state index is 11.4. The molecule has 0 aliphatic heterocycles. The molecule has 3 heteroatoms. The average Bonchev–Trinajstić information content (AvgIpc) is 2.15. The smallest absolute Gasteiger partial charge is 0.251 e. The Morgan fingerprint density at radius 3 is 2.50 bits per heavy atom. The number of hydrogen-bond donors (Lipinski definition) is 1. The van der Waals surface area contributed by atoms with Crippen molar-refractivity contribution in [3.63, 3.8) is 0 Å². The Hall–Kier alpha value is -1.28. The lowest BCUT2D eigenvalue weighted by Gasteiger charge is -2.03. The van der Waals surface area contributed by atoms with Crippen LogP contribution in [0.15, 0.2) is 35.9 Å². The first kappa shape index (κ1) is 10.8. The molecule has 0 atom stereocenters. The van der Waals surface area contributed by atoms with Gasteiger partial charge in [-0.2, -0.15) is 0 Å². The summed E-state index contributed by atoms with van der Waals surface area (Å²) in [6.45, 7) is 5.76. The topological polar surface area (TPSA) is 29.1 Å². The van der Waals surface area contributed by atoms with Gasteiger partial charge in [0.25, 0.3) is 5.91 Å². The van der Waals surface area contributed by atoms with Crippen molar-refractivity contribution >= 4 is 17.5 Å². The molecule has 2 nitrogen and oxygen atoms in total. The predicted octanol–water partition coefficient (Wildman–Crippen LogP) is 2.48. The molecule has 1 amide bonds. The van der Waals surface area contributed by atoms with Gasteiger partial charge in [-0.1, -0.05) is 35.9 Å². The highest BCUT2D eigenvalue weighted by Crippen LogP contribution is 2.03. The van der Waals surface area contributed by atoms with Crippen LogP contribution in [0.1, 0.15) is 15.9 Å². The van der Waals surface area contributed by atoms with Crippen molar-refractivity contribution in [3.8, 4) is 0 Å². The summed E-state index contributed by atoms with van der Waals surface area (Å²) in [5.41, 5.74) is 1.76. The summed E-state index contributed by atoms with van der Waals surface area (Å²) in [4.78, 5) is 11.4. The van der Waals surface area contributed by atoms with Gasteiger partial charge in [0.15, 0.2) is 0 Å². The molecule has 0 aromatic heterocycles. The molecule has 0 saturated carbocycles. The van der Waals surface area contributed by atoms with E-state index in [1.165, 1.54) is 0 Å². The quantitative estimate of drug-likeness (QED) is 0.814. The molecule has 1 rings (SSSR count). The van der Waals surface area contributed by atoms with Gasteiger partial charge in [0, 0.05) is 10.6 Å². The lowest BCUT2D eigenvalue weighted by molar-refractivity contribution is 0.0957. The third-order valence-electron chi connectivity index (χ3n) is 1.75. The zero-order valence-electron chi connectivity index (χ0n) is 8.01. The maximum atomic E-state index is 11.4. The van der Waals surface area contributed by atoms with E-state index in [9.17, 15) is 4.79 Å². The van der Waals surface area contributed by atoms with E-state index in [-0.39, 0.29) is 5.91 Å². The van der Waals surface area contributed by atoms with Gasteiger partial charge < -0.3 is 5.32 Å². The summed E-state index contributed by atoms with van der Waals surface area (Å²) < 4.78 is 0. The van der Waals surface area contributed by atoms with Gasteiger partial charge in [-0.05, 0) is 19.1 Å². The second kappa shape index (κ2) is 4.82. The van der Waals surface area contributed by atoms with Crippen molar-refractivity contribution in [2.75, 3.05) is 6.54 Å². The molecule has 1 aromatic rings. The van der Waals surface area contributed by atoms with E-state index in [1.807, 2.05) is 19.1 Å². The normalized spacial score (nSPS) is 9.57. The lowest BCUT2D eigenvalue weighted by atomic mass is 10.1. The number of halogens is 1. The molecule has 0 spiro atoms. The highest BCUT2D eigenvalue weighted by atomic mass is 35.5. The number of aryl methyl sites for hydroxylation is 1. The van der Waals surface area contributed by atoms with E-state index < -0.39 is 0 Å². The Morgan fingerprint density at radius 2 is 2.00 bits per heavy atom. The molecular weight excluding hydrogens is 198 g/mol. The second-order valence-corrected chi connectivity index (χ2v) is 3.60. The molecule has 0 heterocycles. The van der Waals surface area contributed by atoms with E-state index >= 15 is 0 Å². The Kier molecular flexibility index (Phi) is 3.72. The number of carbonyl (C=O) groups excluding carboxylic acids is 1. The number of amides is 1. The first-order chi connectivity index (χ1) is 6.59. The minimum atomic E-state index is -0.133. The van der Waals surface area contributed by atoms with Gasteiger partial charge >= 0.3 is 0 Å². The number of rotatable bonds is 3. The van der Waals surface area contributed by atoms with Crippen LogP contribution in [0.25, 0.3) is 0 Å². The SMILES string of the molecule is C=C(Cl)CNC(=O)c1ccc(C)cc1. The number of carbonyl (C=O) groups is 1. The molecule has 0 aliphatic rings. The summed E-state index contributed by atoms with van der Waals surface area (Å²) in [5.74, 6) is -0.133. The summed E-state index contributed by atoms with van der Waals surface area (Å²) in [7, 11) is 0. The highest BCUT2D eigenvalue weighted by Gasteiger charge is 2.03. The van der Waals surface area contributed by atoms with Crippen molar-refractivity contribution in [1.29, 1.82) is 0 Å². The summed E-state index contributed by atoms with van der Waals surface area (Å²) in [6, 6.07) is 7.35. The first-order valence-electron chi connectivity index (χ1n) is 4.28. The fourth-order valence-electron chi connectivity index (χ4n) is 0.983. The van der Waals surface area contributed by atoms with E-state index in [1.54, 1.807) is 12.1 Å². The Balaban J connectivity index is 2.61. The molecule has 14 heavy (non-hydrogen) atoms. The largest absolute Gasteiger partial charge is 0.347 e. The van der Waals surface area contributed by atoms with E-state index in [2.05, 4.69) is 11.9 Å². The predicted molar refractivity (Wildman–Crippen MR) is 58.5 cm³/mol. The Labute approximate surface area is 88.6 Å². The van der Waals surface area contributed by atoms with Gasteiger partial charge in [-0.15, -0.1) is 0 Å². The standard InChI is InChI=1S/C11H12ClNO/c1-8-3-5-10(6-4-8)11(14)13-7-9(2)12/h3-6H,2,7H2,1H3,(H,13,14). The summed E-state index contributed by atoms with van der Waals surface area (Å²) >= 11 is 5.53. The average molecular weight is 210 g/mol. The molecule has 1 aromatic carbocycles. The Bertz CT molecular complexity index is 343. The fraction of sp³-hybridized carbons (Fsp3) is 0.182. The van der Waals surface area contributed by atoms with E-state index in [0.717, 1.165) is 5.56 Å². The molecule has 0 bridgehead atoms. The second-order valence-electron chi connectivity index (χ2n) is 3.07. The maximum Gasteiger partial charge on any atom is 0.251 e. The van der Waals surface area contributed by atoms with Gasteiger partial charge in [-0.3, -0.25) is 4.79 Å². The monoisotopic (exact) mass is 209 g/mol. The van der Waals surface area contributed by atoms with Gasteiger partial charge in [0.2, 0.25) is 0 Å². The van der Waals surface area contributed by atoms with Gasteiger partial charge in [0.1, 0.15) is 0 Å². The third-order valence-corrected chi connectivity index (χ3v) is 1.89. The van der Waals surface area contributed by atoms with Crippen LogP contribution in [0.5, 0.6) is 0 Å². The number of benzene rings is 1. The van der Waals surface area contributed by atoms with E-state index in [4.69, 9.17) is 11.6 Å². The summed E-state index contributed by atoms with van der Waals surface area (Å²) in [6.07, 6.45) is 0. The molecular formula is C11H12ClNO. The number of hydrogen-bond acceptors (Lipinski definition) is 1. The minimum absolute atomic E-state index is 0.133. The Morgan fingerprint density at radius 1 is 1.43 bits per heavy atom. The molecule has 1 N–H and O–H groups in total. The third kappa shape index (κ3) is 3.23. The molecule has 0 aliphatic carbocycles. The van der Waals surface area contributed by atoms with Gasteiger partial charge in [0.05, 0.1) is 6.54 Å². The fourth-order valence-corrected chi connectivity index (χ4v) is 1.05. The zero-order chi connectivity index (χ0) is 10.6. The van der Waals surface area contributed by atoms with Crippen LogP contribution in [-0.4, -0.2) is 12.5 Å². The van der Waals surface area contributed by atoms with Crippen LogP contribution in [0.4, 0.5) is 0 Å². The van der Waals surface area contributed by atoms with Crippen molar-refractivity contribution < 1.29 is 4.79 Å². The lowest BCUT2D eigenvalue weighted by Crippen LogP contribution is -2.24. The van der Waals surface area contributed by atoms with Gasteiger partial charge in [-0.25, -0.2) is 0 Å². The van der Waals surface area contributed by atoms with Crippen LogP contribution in [-0.2, 0) is 0 Å².